The molecule has 0 amide bonds. The number of rotatable bonds is 1. The zero-order chi connectivity index (χ0) is 7.72. The number of hydrogen-bond acceptors (Lipinski definition) is 3. The average Bonchev–Trinajstić information content (AvgIpc) is 2.17. The molecule has 1 aliphatic rings. The Labute approximate surface area is 61.1 Å². The first kappa shape index (κ1) is 7.98. The maximum atomic E-state index is 9.41. The normalized spacial score (nSPS) is 48.0. The SMILES string of the molecule is C[C@@H]1N[C@H](CO)C(O)[C@@H]1C. The molecule has 4 atom stereocenters. The van der Waals surface area contributed by atoms with Crippen molar-refractivity contribution in [3.63, 3.8) is 0 Å². The molecule has 3 nitrogen and oxygen atoms in total. The molecule has 1 aliphatic heterocycles. The molecular weight excluding hydrogens is 130 g/mol. The topological polar surface area (TPSA) is 52.5 Å². The molecule has 60 valence electrons. The van der Waals surface area contributed by atoms with E-state index < -0.39 is 0 Å². The molecule has 0 aromatic carbocycles. The number of hydrogen-bond donors (Lipinski definition) is 3. The third kappa shape index (κ3) is 1.17. The fraction of sp³-hybridized carbons (Fsp3) is 1.00. The molecule has 10 heavy (non-hydrogen) atoms. The standard InChI is InChI=1S/C7H15NO2/c1-4-5(2)8-6(3-9)7(4)10/h4-10H,3H2,1-2H3/t4-,5+,6-,7?/m1/s1. The molecule has 1 heterocycles. The average molecular weight is 145 g/mol. The van der Waals surface area contributed by atoms with Gasteiger partial charge >= 0.3 is 0 Å². The molecule has 1 saturated heterocycles. The highest BCUT2D eigenvalue weighted by atomic mass is 16.3. The lowest BCUT2D eigenvalue weighted by molar-refractivity contribution is 0.0938. The highest BCUT2D eigenvalue weighted by molar-refractivity contribution is 4.93. The van der Waals surface area contributed by atoms with Gasteiger partial charge in [0.25, 0.3) is 0 Å². The van der Waals surface area contributed by atoms with Gasteiger partial charge in [-0.1, -0.05) is 6.92 Å². The molecule has 1 unspecified atom stereocenters. The first-order chi connectivity index (χ1) is 4.66. The molecule has 0 spiro atoms. The molecule has 0 aliphatic carbocycles. The predicted octanol–water partition coefficient (Wildman–Crippen LogP) is -0.664. The first-order valence-electron chi connectivity index (χ1n) is 3.71. The van der Waals surface area contributed by atoms with E-state index in [2.05, 4.69) is 5.32 Å². The zero-order valence-electron chi connectivity index (χ0n) is 6.41. The highest BCUT2D eigenvalue weighted by Gasteiger charge is 2.35. The fourth-order valence-corrected chi connectivity index (χ4v) is 1.41. The maximum Gasteiger partial charge on any atom is 0.0755 e. The van der Waals surface area contributed by atoms with E-state index in [0.29, 0.717) is 6.04 Å². The Hall–Kier alpha value is -0.120. The largest absolute Gasteiger partial charge is 0.395 e. The second-order valence-electron chi connectivity index (χ2n) is 3.09. The molecule has 0 aromatic rings. The molecule has 0 bridgehead atoms. The fourth-order valence-electron chi connectivity index (χ4n) is 1.41. The van der Waals surface area contributed by atoms with Crippen LogP contribution in [0.2, 0.25) is 0 Å². The molecule has 1 fully saturated rings. The van der Waals surface area contributed by atoms with Crippen molar-refractivity contribution in [2.24, 2.45) is 5.92 Å². The van der Waals surface area contributed by atoms with Gasteiger partial charge in [0.1, 0.15) is 0 Å². The Balaban J connectivity index is 2.53. The van der Waals surface area contributed by atoms with Crippen LogP contribution in [0.4, 0.5) is 0 Å². The summed E-state index contributed by atoms with van der Waals surface area (Å²) in [4.78, 5) is 0. The molecule has 0 saturated carbocycles. The van der Waals surface area contributed by atoms with Crippen LogP contribution in [0.5, 0.6) is 0 Å². The van der Waals surface area contributed by atoms with Crippen LogP contribution in [-0.2, 0) is 0 Å². The quantitative estimate of drug-likeness (QED) is 0.459. The Kier molecular flexibility index (Phi) is 2.28. The van der Waals surface area contributed by atoms with Crippen molar-refractivity contribution >= 4 is 0 Å². The lowest BCUT2D eigenvalue weighted by Gasteiger charge is -2.12. The van der Waals surface area contributed by atoms with Gasteiger partial charge in [0, 0.05) is 6.04 Å². The summed E-state index contributed by atoms with van der Waals surface area (Å²) in [6.45, 7) is 4.03. The summed E-state index contributed by atoms with van der Waals surface area (Å²) >= 11 is 0. The van der Waals surface area contributed by atoms with Gasteiger partial charge in [-0.05, 0) is 12.8 Å². The summed E-state index contributed by atoms with van der Waals surface area (Å²) in [6, 6.07) is 0.192. The van der Waals surface area contributed by atoms with Gasteiger partial charge in [0.05, 0.1) is 18.8 Å². The third-order valence-corrected chi connectivity index (χ3v) is 2.41. The lowest BCUT2D eigenvalue weighted by atomic mass is 10.00. The van der Waals surface area contributed by atoms with Crippen molar-refractivity contribution in [3.05, 3.63) is 0 Å². The molecule has 3 heteroatoms. The van der Waals surface area contributed by atoms with Crippen LogP contribution >= 0.6 is 0 Å². The van der Waals surface area contributed by atoms with Gasteiger partial charge in [-0.25, -0.2) is 0 Å². The second-order valence-corrected chi connectivity index (χ2v) is 3.09. The van der Waals surface area contributed by atoms with Crippen molar-refractivity contribution in [1.29, 1.82) is 0 Å². The Bertz CT molecular complexity index is 118. The van der Waals surface area contributed by atoms with E-state index in [-0.39, 0.29) is 24.7 Å². The first-order valence-corrected chi connectivity index (χ1v) is 3.71. The van der Waals surface area contributed by atoms with Gasteiger partial charge in [-0.15, -0.1) is 0 Å². The minimum absolute atomic E-state index is 0.0237. The smallest absolute Gasteiger partial charge is 0.0755 e. The van der Waals surface area contributed by atoms with E-state index in [1.807, 2.05) is 13.8 Å². The van der Waals surface area contributed by atoms with Gasteiger partial charge in [-0.2, -0.15) is 0 Å². The molecule has 3 N–H and O–H groups in total. The number of nitrogens with one attached hydrogen (secondary N) is 1. The monoisotopic (exact) mass is 145 g/mol. The number of aliphatic hydroxyl groups excluding tert-OH is 2. The predicted molar refractivity (Wildman–Crippen MR) is 38.6 cm³/mol. The third-order valence-electron chi connectivity index (χ3n) is 2.41. The summed E-state index contributed by atoms with van der Waals surface area (Å²) < 4.78 is 0. The highest BCUT2D eigenvalue weighted by Crippen LogP contribution is 2.19. The maximum absolute atomic E-state index is 9.41. The van der Waals surface area contributed by atoms with Crippen LogP contribution in [0.3, 0.4) is 0 Å². The van der Waals surface area contributed by atoms with E-state index in [1.165, 1.54) is 0 Å². The van der Waals surface area contributed by atoms with Crippen LogP contribution < -0.4 is 5.32 Å². The summed E-state index contributed by atoms with van der Waals surface area (Å²) in [5, 5.41) is 21.3. The molecule has 1 rings (SSSR count). The summed E-state index contributed by atoms with van der Waals surface area (Å²) in [6.07, 6.45) is -0.389. The van der Waals surface area contributed by atoms with Crippen LogP contribution in [0, 0.1) is 5.92 Å². The molecule has 0 radical (unpaired) electrons. The van der Waals surface area contributed by atoms with Crippen LogP contribution in [-0.4, -0.2) is 35.0 Å². The zero-order valence-corrected chi connectivity index (χ0v) is 6.41. The van der Waals surface area contributed by atoms with Crippen LogP contribution in [0.15, 0.2) is 0 Å². The van der Waals surface area contributed by atoms with Crippen molar-refractivity contribution in [1.82, 2.24) is 5.32 Å². The van der Waals surface area contributed by atoms with Crippen LogP contribution in [0.1, 0.15) is 13.8 Å². The van der Waals surface area contributed by atoms with E-state index >= 15 is 0 Å². The summed E-state index contributed by atoms with van der Waals surface area (Å²) in [5.41, 5.74) is 0. The van der Waals surface area contributed by atoms with Gasteiger partial charge in [0.15, 0.2) is 0 Å². The Morgan fingerprint density at radius 2 is 2.00 bits per heavy atom. The van der Waals surface area contributed by atoms with E-state index in [4.69, 9.17) is 5.11 Å². The van der Waals surface area contributed by atoms with E-state index in [9.17, 15) is 5.11 Å². The summed E-state index contributed by atoms with van der Waals surface area (Å²) in [7, 11) is 0. The van der Waals surface area contributed by atoms with E-state index in [1.54, 1.807) is 0 Å². The minimum Gasteiger partial charge on any atom is -0.395 e. The van der Waals surface area contributed by atoms with Crippen molar-refractivity contribution < 1.29 is 10.2 Å². The van der Waals surface area contributed by atoms with Gasteiger partial charge in [-0.3, -0.25) is 0 Å². The van der Waals surface area contributed by atoms with Gasteiger partial charge in [0.2, 0.25) is 0 Å². The number of aliphatic hydroxyl groups is 2. The Morgan fingerprint density at radius 3 is 2.20 bits per heavy atom. The Morgan fingerprint density at radius 1 is 1.40 bits per heavy atom. The lowest BCUT2D eigenvalue weighted by Crippen LogP contribution is -2.35. The van der Waals surface area contributed by atoms with Crippen molar-refractivity contribution in [3.8, 4) is 0 Å². The van der Waals surface area contributed by atoms with Gasteiger partial charge < -0.3 is 15.5 Å². The minimum atomic E-state index is -0.389. The van der Waals surface area contributed by atoms with E-state index in [0.717, 1.165) is 0 Å². The second kappa shape index (κ2) is 2.86. The van der Waals surface area contributed by atoms with Crippen molar-refractivity contribution in [2.45, 2.75) is 32.0 Å². The summed E-state index contributed by atoms with van der Waals surface area (Å²) in [5.74, 6) is 0.247. The van der Waals surface area contributed by atoms with Crippen molar-refractivity contribution in [2.75, 3.05) is 6.61 Å². The molecule has 0 aromatic heterocycles. The van der Waals surface area contributed by atoms with Crippen LogP contribution in [0.25, 0.3) is 0 Å². The molecular formula is C7H15NO2.